The highest BCUT2D eigenvalue weighted by Gasteiger charge is 2.41. The molecular weight excluding hydrogens is 280 g/mol. The van der Waals surface area contributed by atoms with E-state index < -0.39 is 0 Å². The maximum absolute atomic E-state index is 11.6. The quantitative estimate of drug-likeness (QED) is 0.693. The summed E-state index contributed by atoms with van der Waals surface area (Å²) in [4.78, 5) is 11.6. The molecule has 2 nitrogen and oxygen atoms in total. The first-order valence-electron chi connectivity index (χ1n) is 7.00. The molecule has 2 rings (SSSR count). The lowest BCUT2D eigenvalue weighted by molar-refractivity contribution is -0.120. The number of ketones is 1. The highest BCUT2D eigenvalue weighted by molar-refractivity contribution is 9.09. The Morgan fingerprint density at radius 1 is 1.24 bits per heavy atom. The van der Waals surface area contributed by atoms with Gasteiger partial charge in [0.2, 0.25) is 0 Å². The fourth-order valence-electron chi connectivity index (χ4n) is 3.20. The van der Waals surface area contributed by atoms with E-state index in [1.165, 1.54) is 38.5 Å². The summed E-state index contributed by atoms with van der Waals surface area (Å²) in [6.07, 6.45) is 11.3. The molecule has 0 bridgehead atoms. The summed E-state index contributed by atoms with van der Waals surface area (Å²) in [5.41, 5.74) is 0.226. The number of ether oxygens (including phenoxy) is 1. The number of hydrogen-bond acceptors (Lipinski definition) is 2. The van der Waals surface area contributed by atoms with E-state index in [-0.39, 0.29) is 5.60 Å². The molecule has 1 heterocycles. The third kappa shape index (κ3) is 3.78. The van der Waals surface area contributed by atoms with E-state index in [2.05, 4.69) is 15.9 Å². The van der Waals surface area contributed by atoms with E-state index >= 15 is 0 Å². The molecule has 2 aliphatic rings. The Bertz CT molecular complexity index is 259. The van der Waals surface area contributed by atoms with Gasteiger partial charge < -0.3 is 4.74 Å². The number of alkyl halides is 1. The zero-order valence-corrected chi connectivity index (χ0v) is 12.1. The zero-order valence-electron chi connectivity index (χ0n) is 10.5. The van der Waals surface area contributed by atoms with Gasteiger partial charge in [-0.25, -0.2) is 0 Å². The first-order chi connectivity index (χ1) is 8.24. The number of carbonyl (C=O) groups excluding carboxylic acids is 1. The van der Waals surface area contributed by atoms with Crippen molar-refractivity contribution in [3.8, 4) is 0 Å². The van der Waals surface area contributed by atoms with Crippen LogP contribution in [0.1, 0.15) is 64.2 Å². The van der Waals surface area contributed by atoms with E-state index in [4.69, 9.17) is 4.74 Å². The predicted octanol–water partition coefficient (Wildman–Crippen LogP) is 4.00. The smallest absolute Gasteiger partial charge is 0.133 e. The molecule has 0 aromatic heterocycles. The van der Waals surface area contributed by atoms with Crippen LogP contribution in [0, 0.1) is 0 Å². The molecule has 0 aromatic rings. The summed E-state index contributed by atoms with van der Waals surface area (Å²) in [6, 6.07) is 0. The van der Waals surface area contributed by atoms with Gasteiger partial charge in [0.1, 0.15) is 5.78 Å². The van der Waals surface area contributed by atoms with Gasteiger partial charge in [0, 0.05) is 18.2 Å². The van der Waals surface area contributed by atoms with Crippen molar-refractivity contribution in [1.82, 2.24) is 0 Å². The van der Waals surface area contributed by atoms with Crippen LogP contribution in [0.4, 0.5) is 0 Å². The van der Waals surface area contributed by atoms with Gasteiger partial charge in [0.25, 0.3) is 0 Å². The van der Waals surface area contributed by atoms with Crippen LogP contribution in [0.5, 0.6) is 0 Å². The average molecular weight is 303 g/mol. The maximum Gasteiger partial charge on any atom is 0.133 e. The van der Waals surface area contributed by atoms with Crippen molar-refractivity contribution in [3.05, 3.63) is 0 Å². The van der Waals surface area contributed by atoms with Crippen molar-refractivity contribution in [2.24, 2.45) is 0 Å². The first-order valence-corrected chi connectivity index (χ1v) is 8.12. The lowest BCUT2D eigenvalue weighted by Crippen LogP contribution is -2.25. The summed E-state index contributed by atoms with van der Waals surface area (Å²) in [5.74, 6) is 0.403. The summed E-state index contributed by atoms with van der Waals surface area (Å²) >= 11 is 3.36. The molecule has 17 heavy (non-hydrogen) atoms. The van der Waals surface area contributed by atoms with Gasteiger partial charge in [-0.15, -0.1) is 0 Å². The maximum atomic E-state index is 11.6. The Hall–Kier alpha value is 0.110. The van der Waals surface area contributed by atoms with E-state index in [0.717, 1.165) is 24.6 Å². The van der Waals surface area contributed by atoms with Crippen LogP contribution in [0.15, 0.2) is 0 Å². The van der Waals surface area contributed by atoms with Crippen molar-refractivity contribution in [3.63, 3.8) is 0 Å². The Balaban J connectivity index is 1.66. The van der Waals surface area contributed by atoms with Gasteiger partial charge in [0.15, 0.2) is 0 Å². The third-order valence-electron chi connectivity index (χ3n) is 4.19. The molecule has 1 aliphatic heterocycles. The highest BCUT2D eigenvalue weighted by atomic mass is 79.9. The van der Waals surface area contributed by atoms with Crippen LogP contribution in [0.3, 0.4) is 0 Å². The standard InChI is InChI=1S/C14H23BrO2/c15-11-3-4-12(16)5-6-13-7-10-14(17-13)8-1-2-9-14/h13H,1-11H2. The van der Waals surface area contributed by atoms with Gasteiger partial charge >= 0.3 is 0 Å². The molecule has 0 aromatic carbocycles. The number of carbonyl (C=O) groups is 1. The van der Waals surface area contributed by atoms with E-state index in [9.17, 15) is 4.79 Å². The SMILES string of the molecule is O=C(CCCBr)CCC1CCC2(CCCC2)O1. The van der Waals surface area contributed by atoms with Gasteiger partial charge in [-0.1, -0.05) is 28.8 Å². The fraction of sp³-hybridized carbons (Fsp3) is 0.929. The minimum Gasteiger partial charge on any atom is -0.372 e. The summed E-state index contributed by atoms with van der Waals surface area (Å²) in [7, 11) is 0. The van der Waals surface area contributed by atoms with Crippen LogP contribution < -0.4 is 0 Å². The molecule has 1 saturated carbocycles. The first kappa shape index (κ1) is 13.5. The van der Waals surface area contributed by atoms with Gasteiger partial charge in [-0.05, 0) is 38.5 Å². The molecule has 1 unspecified atom stereocenters. The zero-order chi connectivity index (χ0) is 12.1. The molecule has 1 spiro atoms. The van der Waals surface area contributed by atoms with Crippen molar-refractivity contribution >= 4 is 21.7 Å². The molecular formula is C14H23BrO2. The topological polar surface area (TPSA) is 26.3 Å². The number of halogens is 1. The van der Waals surface area contributed by atoms with E-state index in [1.807, 2.05) is 0 Å². The summed E-state index contributed by atoms with van der Waals surface area (Å²) in [5, 5.41) is 0.932. The minimum absolute atomic E-state index is 0.226. The molecule has 3 heteroatoms. The Kier molecular flexibility index (Phi) is 5.04. The monoisotopic (exact) mass is 302 g/mol. The largest absolute Gasteiger partial charge is 0.372 e. The van der Waals surface area contributed by atoms with Crippen LogP contribution in [-0.4, -0.2) is 22.8 Å². The van der Waals surface area contributed by atoms with Crippen molar-refractivity contribution < 1.29 is 9.53 Å². The number of rotatable bonds is 6. The van der Waals surface area contributed by atoms with E-state index in [1.54, 1.807) is 0 Å². The number of Topliss-reactive ketones (excluding diaryl/α,β-unsaturated/α-hetero) is 1. The molecule has 0 amide bonds. The molecule has 0 radical (unpaired) electrons. The summed E-state index contributed by atoms with van der Waals surface area (Å²) < 4.78 is 6.20. The number of hydrogen-bond donors (Lipinski definition) is 0. The lowest BCUT2D eigenvalue weighted by Gasteiger charge is -2.23. The Morgan fingerprint density at radius 3 is 2.71 bits per heavy atom. The van der Waals surface area contributed by atoms with Crippen LogP contribution in [0.2, 0.25) is 0 Å². The van der Waals surface area contributed by atoms with Crippen molar-refractivity contribution in [2.75, 3.05) is 5.33 Å². The van der Waals surface area contributed by atoms with E-state index in [0.29, 0.717) is 18.3 Å². The van der Waals surface area contributed by atoms with Gasteiger partial charge in [0.05, 0.1) is 11.7 Å². The lowest BCUT2D eigenvalue weighted by atomic mass is 9.97. The predicted molar refractivity (Wildman–Crippen MR) is 72.6 cm³/mol. The average Bonchev–Trinajstić information content (AvgIpc) is 2.95. The summed E-state index contributed by atoms with van der Waals surface area (Å²) in [6.45, 7) is 0. The Labute approximate surface area is 113 Å². The highest BCUT2D eigenvalue weighted by Crippen LogP contribution is 2.44. The van der Waals surface area contributed by atoms with Crippen molar-refractivity contribution in [1.29, 1.82) is 0 Å². The third-order valence-corrected chi connectivity index (χ3v) is 4.75. The van der Waals surface area contributed by atoms with Crippen molar-refractivity contribution in [2.45, 2.75) is 75.9 Å². The second-order valence-electron chi connectivity index (χ2n) is 5.54. The molecule has 1 atom stereocenters. The van der Waals surface area contributed by atoms with Crippen LogP contribution in [-0.2, 0) is 9.53 Å². The molecule has 2 fully saturated rings. The normalized spacial score (nSPS) is 26.8. The van der Waals surface area contributed by atoms with Gasteiger partial charge in [-0.3, -0.25) is 4.79 Å². The minimum atomic E-state index is 0.226. The second-order valence-corrected chi connectivity index (χ2v) is 6.33. The van der Waals surface area contributed by atoms with Crippen LogP contribution in [0.25, 0.3) is 0 Å². The Morgan fingerprint density at radius 2 is 2.00 bits per heavy atom. The van der Waals surface area contributed by atoms with Gasteiger partial charge in [-0.2, -0.15) is 0 Å². The molecule has 98 valence electrons. The van der Waals surface area contributed by atoms with Crippen LogP contribution >= 0.6 is 15.9 Å². The molecule has 1 aliphatic carbocycles. The fourth-order valence-corrected chi connectivity index (χ4v) is 3.48. The second kappa shape index (κ2) is 6.33. The molecule has 1 saturated heterocycles. The molecule has 0 N–H and O–H groups in total.